The Hall–Kier alpha value is -2.05. The molecule has 0 fully saturated rings. The van der Waals surface area contributed by atoms with Crippen LogP contribution < -0.4 is 16.6 Å². The molecule has 0 radical (unpaired) electrons. The van der Waals surface area contributed by atoms with Crippen LogP contribution >= 0.6 is 0 Å². The minimum Gasteiger partial charge on any atom is -0.480 e. The molecule has 0 saturated carbocycles. The fourth-order valence-corrected chi connectivity index (χ4v) is 1.37. The van der Waals surface area contributed by atoms with Crippen molar-refractivity contribution in [2.75, 3.05) is 5.32 Å². The lowest BCUT2D eigenvalue weighted by Gasteiger charge is -2.00. The van der Waals surface area contributed by atoms with E-state index < -0.39 is 23.3 Å². The van der Waals surface area contributed by atoms with E-state index in [1.165, 1.54) is 4.57 Å². The standard InChI is InChI=1S/C7H7N3O4/c11-5-1-4-8-3(6(12)13)2-10(4)7(14)9-5/h1,3,8H,2H2,(H,12,13)(H,9,11,14). The van der Waals surface area contributed by atoms with Gasteiger partial charge in [-0.1, -0.05) is 0 Å². The van der Waals surface area contributed by atoms with Gasteiger partial charge in [-0.25, -0.2) is 9.59 Å². The monoisotopic (exact) mass is 197 g/mol. The van der Waals surface area contributed by atoms with Crippen LogP contribution in [0.1, 0.15) is 0 Å². The second kappa shape index (κ2) is 2.72. The highest BCUT2D eigenvalue weighted by atomic mass is 16.4. The summed E-state index contributed by atoms with van der Waals surface area (Å²) in [4.78, 5) is 34.7. The zero-order chi connectivity index (χ0) is 10.3. The summed E-state index contributed by atoms with van der Waals surface area (Å²) in [7, 11) is 0. The third-order valence-electron chi connectivity index (χ3n) is 2.02. The van der Waals surface area contributed by atoms with Crippen LogP contribution in [0.5, 0.6) is 0 Å². The van der Waals surface area contributed by atoms with Gasteiger partial charge in [-0.05, 0) is 0 Å². The van der Waals surface area contributed by atoms with Gasteiger partial charge in [-0.3, -0.25) is 14.3 Å². The minimum atomic E-state index is -1.06. The number of anilines is 1. The third-order valence-corrected chi connectivity index (χ3v) is 2.02. The van der Waals surface area contributed by atoms with Gasteiger partial charge < -0.3 is 10.4 Å². The lowest BCUT2D eigenvalue weighted by Crippen LogP contribution is -2.30. The molecule has 0 aromatic carbocycles. The van der Waals surface area contributed by atoms with Gasteiger partial charge in [0.05, 0.1) is 6.54 Å². The Morgan fingerprint density at radius 1 is 1.57 bits per heavy atom. The lowest BCUT2D eigenvalue weighted by atomic mass is 10.3. The molecule has 0 saturated heterocycles. The van der Waals surface area contributed by atoms with Crippen LogP contribution in [0.15, 0.2) is 15.7 Å². The molecule has 1 aromatic heterocycles. The molecule has 74 valence electrons. The van der Waals surface area contributed by atoms with E-state index in [9.17, 15) is 14.4 Å². The summed E-state index contributed by atoms with van der Waals surface area (Å²) in [6, 6.07) is 0.308. The Labute approximate surface area is 77.0 Å². The molecule has 0 amide bonds. The van der Waals surface area contributed by atoms with E-state index in [1.54, 1.807) is 0 Å². The first-order valence-electron chi connectivity index (χ1n) is 3.91. The topological polar surface area (TPSA) is 104 Å². The number of hydrogen-bond acceptors (Lipinski definition) is 4. The number of aromatic nitrogens is 2. The molecule has 2 heterocycles. The molecule has 7 heteroatoms. The molecule has 1 aromatic rings. The van der Waals surface area contributed by atoms with Gasteiger partial charge in [0.2, 0.25) is 0 Å². The second-order valence-electron chi connectivity index (χ2n) is 2.97. The van der Waals surface area contributed by atoms with Crippen molar-refractivity contribution in [1.29, 1.82) is 0 Å². The van der Waals surface area contributed by atoms with Crippen LogP contribution in [-0.4, -0.2) is 26.7 Å². The number of carboxylic acid groups (broad SMARTS) is 1. The highest BCUT2D eigenvalue weighted by molar-refractivity contribution is 5.78. The van der Waals surface area contributed by atoms with Crippen molar-refractivity contribution in [3.8, 4) is 0 Å². The number of rotatable bonds is 1. The van der Waals surface area contributed by atoms with Crippen molar-refractivity contribution in [1.82, 2.24) is 9.55 Å². The molecule has 0 bridgehead atoms. The quantitative estimate of drug-likeness (QED) is 0.503. The molecule has 1 aliphatic heterocycles. The molecule has 1 atom stereocenters. The Balaban J connectivity index is 2.50. The normalized spacial score (nSPS) is 18.7. The van der Waals surface area contributed by atoms with Crippen molar-refractivity contribution in [2.24, 2.45) is 0 Å². The Bertz CT molecular complexity index is 500. The third kappa shape index (κ3) is 1.18. The number of hydrogen-bond donors (Lipinski definition) is 3. The SMILES string of the molecule is O=C(O)C1Cn2c(cc(=O)[nH]c2=O)N1. The average molecular weight is 197 g/mol. The zero-order valence-corrected chi connectivity index (χ0v) is 6.98. The smallest absolute Gasteiger partial charge is 0.329 e. The van der Waals surface area contributed by atoms with E-state index in [1.807, 2.05) is 4.98 Å². The van der Waals surface area contributed by atoms with E-state index in [0.717, 1.165) is 6.07 Å². The molecule has 0 spiro atoms. The summed E-state index contributed by atoms with van der Waals surface area (Å²) in [5.41, 5.74) is -1.14. The van der Waals surface area contributed by atoms with Gasteiger partial charge in [0, 0.05) is 6.07 Å². The number of aliphatic carboxylic acids is 1. The summed E-state index contributed by atoms with van der Waals surface area (Å²) >= 11 is 0. The molecule has 14 heavy (non-hydrogen) atoms. The summed E-state index contributed by atoms with van der Waals surface area (Å²) in [5, 5.41) is 11.2. The van der Waals surface area contributed by atoms with Gasteiger partial charge in [-0.15, -0.1) is 0 Å². The summed E-state index contributed by atoms with van der Waals surface area (Å²) in [5.74, 6) is -0.813. The Kier molecular flexibility index (Phi) is 1.66. The molecular formula is C7H7N3O4. The highest BCUT2D eigenvalue weighted by Gasteiger charge is 2.27. The number of carbonyl (C=O) groups is 1. The summed E-state index contributed by atoms with van der Waals surface area (Å²) in [6.45, 7) is 0.0281. The molecular weight excluding hydrogens is 190 g/mol. The molecule has 7 nitrogen and oxygen atoms in total. The van der Waals surface area contributed by atoms with E-state index >= 15 is 0 Å². The van der Waals surface area contributed by atoms with Crippen LogP contribution in [0.25, 0.3) is 0 Å². The molecule has 1 unspecified atom stereocenters. The van der Waals surface area contributed by atoms with Crippen molar-refractivity contribution < 1.29 is 9.90 Å². The predicted molar refractivity (Wildman–Crippen MR) is 46.4 cm³/mol. The van der Waals surface area contributed by atoms with Gasteiger partial charge >= 0.3 is 11.7 Å². The average Bonchev–Trinajstić information content (AvgIpc) is 2.47. The van der Waals surface area contributed by atoms with Crippen LogP contribution in [0.4, 0.5) is 5.82 Å². The zero-order valence-electron chi connectivity index (χ0n) is 6.98. The fourth-order valence-electron chi connectivity index (χ4n) is 1.37. The number of nitrogens with zero attached hydrogens (tertiary/aromatic N) is 1. The van der Waals surface area contributed by atoms with E-state index in [-0.39, 0.29) is 12.4 Å². The van der Waals surface area contributed by atoms with Gasteiger partial charge in [0.1, 0.15) is 11.9 Å². The first-order valence-corrected chi connectivity index (χ1v) is 3.91. The lowest BCUT2D eigenvalue weighted by molar-refractivity contribution is -0.137. The first kappa shape index (κ1) is 8.54. The van der Waals surface area contributed by atoms with Crippen molar-refractivity contribution in [2.45, 2.75) is 12.6 Å². The number of fused-ring (bicyclic) bond motifs is 1. The first-order chi connectivity index (χ1) is 6.58. The maximum absolute atomic E-state index is 11.2. The van der Waals surface area contributed by atoms with Gasteiger partial charge in [0.25, 0.3) is 5.56 Å². The second-order valence-corrected chi connectivity index (χ2v) is 2.97. The van der Waals surface area contributed by atoms with Crippen molar-refractivity contribution >= 4 is 11.8 Å². The van der Waals surface area contributed by atoms with Crippen molar-refractivity contribution in [3.63, 3.8) is 0 Å². The summed E-state index contributed by atoms with van der Waals surface area (Å²) in [6.07, 6.45) is 0. The minimum absolute atomic E-state index is 0.0281. The number of H-pyrrole nitrogens is 1. The molecule has 0 aliphatic carbocycles. The predicted octanol–water partition coefficient (Wildman–Crippen LogP) is -1.58. The molecule has 3 N–H and O–H groups in total. The van der Waals surface area contributed by atoms with Crippen LogP contribution in [0, 0.1) is 0 Å². The maximum atomic E-state index is 11.2. The van der Waals surface area contributed by atoms with Crippen LogP contribution in [0.2, 0.25) is 0 Å². The van der Waals surface area contributed by atoms with E-state index in [0.29, 0.717) is 0 Å². The van der Waals surface area contributed by atoms with Gasteiger partial charge in [0.15, 0.2) is 0 Å². The van der Waals surface area contributed by atoms with Crippen LogP contribution in [0.3, 0.4) is 0 Å². The van der Waals surface area contributed by atoms with E-state index in [4.69, 9.17) is 5.11 Å². The Morgan fingerprint density at radius 2 is 2.29 bits per heavy atom. The molecule has 2 rings (SSSR count). The van der Waals surface area contributed by atoms with E-state index in [2.05, 4.69) is 5.32 Å². The summed E-state index contributed by atoms with van der Waals surface area (Å²) < 4.78 is 1.18. The highest BCUT2D eigenvalue weighted by Crippen LogP contribution is 2.12. The number of nitrogens with one attached hydrogen (secondary N) is 2. The maximum Gasteiger partial charge on any atom is 0.329 e. The fraction of sp³-hybridized carbons (Fsp3) is 0.286. The largest absolute Gasteiger partial charge is 0.480 e. The number of aromatic amines is 1. The van der Waals surface area contributed by atoms with Gasteiger partial charge in [-0.2, -0.15) is 0 Å². The van der Waals surface area contributed by atoms with Crippen molar-refractivity contribution in [3.05, 3.63) is 26.9 Å². The number of carboxylic acids is 1. The molecule has 1 aliphatic rings. The van der Waals surface area contributed by atoms with Crippen LogP contribution in [-0.2, 0) is 11.3 Å². The Morgan fingerprint density at radius 3 is 2.93 bits per heavy atom.